The smallest absolute Gasteiger partial charge is 0.319 e. The number of hydrogen-bond donors (Lipinski definition) is 4. The molecule has 0 radical (unpaired) electrons. The Hall–Kier alpha value is -2.65. The number of carbonyl (C=O) groups excluding carboxylic acids is 1. The van der Waals surface area contributed by atoms with E-state index in [4.69, 9.17) is 0 Å². The minimum Gasteiger partial charge on any atom is -0.396 e. The van der Waals surface area contributed by atoms with Gasteiger partial charge in [0.2, 0.25) is 0 Å². The van der Waals surface area contributed by atoms with E-state index in [9.17, 15) is 22.7 Å². The van der Waals surface area contributed by atoms with Crippen molar-refractivity contribution in [2.45, 2.75) is 43.5 Å². The Morgan fingerprint density at radius 1 is 1.17 bits per heavy atom. The van der Waals surface area contributed by atoms with Crippen LogP contribution >= 0.6 is 0 Å². The molecule has 9 heteroatoms. The number of benzene rings is 2. The highest BCUT2D eigenvalue weighted by Gasteiger charge is 2.26. The summed E-state index contributed by atoms with van der Waals surface area (Å²) in [6.07, 6.45) is 3.58. The van der Waals surface area contributed by atoms with Gasteiger partial charge >= 0.3 is 6.03 Å². The molecule has 1 saturated carbocycles. The van der Waals surface area contributed by atoms with Crippen molar-refractivity contribution in [3.8, 4) is 0 Å². The summed E-state index contributed by atoms with van der Waals surface area (Å²) in [5.74, 6) is -0.917. The number of anilines is 2. The minimum absolute atomic E-state index is 0.00588. The number of aryl methyl sites for hydroxylation is 1. The van der Waals surface area contributed by atoms with Gasteiger partial charge in [0.1, 0.15) is 10.7 Å². The van der Waals surface area contributed by atoms with Crippen LogP contribution in [-0.4, -0.2) is 32.2 Å². The fraction of sp³-hybridized carbons (Fsp3) is 0.381. The van der Waals surface area contributed by atoms with Gasteiger partial charge in [0.15, 0.2) is 0 Å². The normalized spacial score (nSPS) is 19.2. The van der Waals surface area contributed by atoms with Crippen molar-refractivity contribution in [2.75, 3.05) is 16.6 Å². The Balaban J connectivity index is 1.78. The van der Waals surface area contributed by atoms with Crippen molar-refractivity contribution in [3.63, 3.8) is 0 Å². The number of amides is 2. The monoisotopic (exact) mass is 435 g/mol. The van der Waals surface area contributed by atoms with Crippen LogP contribution in [-0.2, 0) is 10.0 Å². The lowest BCUT2D eigenvalue weighted by Crippen LogP contribution is -2.45. The topological polar surface area (TPSA) is 108 Å². The van der Waals surface area contributed by atoms with Crippen molar-refractivity contribution in [2.24, 2.45) is 5.92 Å². The van der Waals surface area contributed by atoms with Gasteiger partial charge in [-0.15, -0.1) is 0 Å². The number of nitrogens with one attached hydrogen (secondary N) is 3. The lowest BCUT2D eigenvalue weighted by molar-refractivity contribution is 0.156. The van der Waals surface area contributed by atoms with Crippen LogP contribution in [0.15, 0.2) is 47.4 Å². The second-order valence-corrected chi connectivity index (χ2v) is 9.15. The zero-order chi connectivity index (χ0) is 21.7. The van der Waals surface area contributed by atoms with E-state index in [1.54, 1.807) is 37.3 Å². The van der Waals surface area contributed by atoms with Gasteiger partial charge in [-0.3, -0.25) is 4.72 Å². The summed E-state index contributed by atoms with van der Waals surface area (Å²) in [5, 5.41) is 15.0. The summed E-state index contributed by atoms with van der Waals surface area (Å²) >= 11 is 0. The number of aliphatic hydroxyl groups is 1. The molecule has 0 unspecified atom stereocenters. The maximum atomic E-state index is 14.5. The maximum absolute atomic E-state index is 14.5. The fourth-order valence-electron chi connectivity index (χ4n) is 3.65. The predicted molar refractivity (Wildman–Crippen MR) is 113 cm³/mol. The van der Waals surface area contributed by atoms with Crippen LogP contribution in [0.25, 0.3) is 0 Å². The zero-order valence-corrected chi connectivity index (χ0v) is 17.5. The molecule has 2 amide bonds. The largest absolute Gasteiger partial charge is 0.396 e. The molecule has 30 heavy (non-hydrogen) atoms. The standard InChI is InChI=1S/C21H26FN3O4S/c1-14-11-17(22)20(30(28,29)25-16-8-3-2-4-9-16)12-19(14)24-21(27)23-18-10-6-5-7-15(18)13-26/h2-4,8-9,11-12,15,18,25-26H,5-7,10,13H2,1H3,(H2,23,24,27)/t15-,18+/m1/s1. The lowest BCUT2D eigenvalue weighted by atomic mass is 9.85. The molecule has 2 aromatic rings. The molecule has 1 aliphatic carbocycles. The first kappa shape index (κ1) is 22.0. The molecule has 0 heterocycles. The molecule has 7 nitrogen and oxygen atoms in total. The number of para-hydroxylation sites is 1. The van der Waals surface area contributed by atoms with Crippen LogP contribution in [0.1, 0.15) is 31.2 Å². The third-order valence-corrected chi connectivity index (χ3v) is 6.70. The van der Waals surface area contributed by atoms with E-state index in [0.717, 1.165) is 37.8 Å². The van der Waals surface area contributed by atoms with Gasteiger partial charge in [0.05, 0.1) is 0 Å². The number of hydrogen-bond acceptors (Lipinski definition) is 4. The minimum atomic E-state index is -4.19. The maximum Gasteiger partial charge on any atom is 0.319 e. The van der Waals surface area contributed by atoms with E-state index in [1.165, 1.54) is 0 Å². The second-order valence-electron chi connectivity index (χ2n) is 7.50. The summed E-state index contributed by atoms with van der Waals surface area (Å²) in [6, 6.07) is 9.67. The van der Waals surface area contributed by atoms with E-state index >= 15 is 0 Å². The van der Waals surface area contributed by atoms with Crippen molar-refractivity contribution >= 4 is 27.4 Å². The molecule has 0 aromatic heterocycles. The average molecular weight is 436 g/mol. The SMILES string of the molecule is Cc1cc(F)c(S(=O)(=O)Nc2ccccc2)cc1NC(=O)N[C@H]1CCCC[C@@H]1CO. The second kappa shape index (κ2) is 9.44. The summed E-state index contributed by atoms with van der Waals surface area (Å²) < 4.78 is 42.1. The van der Waals surface area contributed by atoms with Crippen molar-refractivity contribution in [1.82, 2.24) is 5.32 Å². The van der Waals surface area contributed by atoms with E-state index in [1.807, 2.05) is 0 Å². The fourth-order valence-corrected chi connectivity index (χ4v) is 4.80. The molecule has 1 fully saturated rings. The number of carbonyl (C=O) groups is 1. The number of aliphatic hydroxyl groups excluding tert-OH is 1. The van der Waals surface area contributed by atoms with Gasteiger partial charge in [-0.05, 0) is 49.6 Å². The predicted octanol–water partition coefficient (Wildman–Crippen LogP) is 3.61. The molecule has 0 aliphatic heterocycles. The summed E-state index contributed by atoms with van der Waals surface area (Å²) in [5.41, 5.74) is 0.888. The van der Waals surface area contributed by atoms with Gasteiger partial charge in [-0.2, -0.15) is 0 Å². The molecular weight excluding hydrogens is 409 g/mol. The number of rotatable bonds is 6. The first-order valence-electron chi connectivity index (χ1n) is 9.86. The molecule has 2 atom stereocenters. The molecule has 0 spiro atoms. The Morgan fingerprint density at radius 3 is 2.57 bits per heavy atom. The highest BCUT2D eigenvalue weighted by molar-refractivity contribution is 7.92. The third kappa shape index (κ3) is 5.28. The van der Waals surface area contributed by atoms with Gasteiger partial charge in [0.25, 0.3) is 10.0 Å². The Bertz CT molecular complexity index is 999. The molecule has 1 aliphatic rings. The molecule has 4 N–H and O–H groups in total. The van der Waals surface area contributed by atoms with E-state index in [0.29, 0.717) is 11.3 Å². The highest BCUT2D eigenvalue weighted by atomic mass is 32.2. The van der Waals surface area contributed by atoms with Gasteiger partial charge in [0, 0.05) is 29.9 Å². The highest BCUT2D eigenvalue weighted by Crippen LogP contribution is 2.27. The quantitative estimate of drug-likeness (QED) is 0.556. The van der Waals surface area contributed by atoms with Crippen LogP contribution in [0.4, 0.5) is 20.6 Å². The van der Waals surface area contributed by atoms with Gasteiger partial charge < -0.3 is 15.7 Å². The number of urea groups is 1. The Labute approximate surface area is 175 Å². The molecule has 0 bridgehead atoms. The molecular formula is C21H26FN3O4S. The average Bonchev–Trinajstić information content (AvgIpc) is 2.70. The van der Waals surface area contributed by atoms with Crippen LogP contribution in [0.3, 0.4) is 0 Å². The first-order chi connectivity index (χ1) is 14.3. The number of sulfonamides is 1. The van der Waals surface area contributed by atoms with Gasteiger partial charge in [-0.1, -0.05) is 31.0 Å². The van der Waals surface area contributed by atoms with Crippen LogP contribution in [0.2, 0.25) is 0 Å². The van der Waals surface area contributed by atoms with E-state index < -0.39 is 26.8 Å². The zero-order valence-electron chi connectivity index (χ0n) is 16.7. The lowest BCUT2D eigenvalue weighted by Gasteiger charge is -2.30. The summed E-state index contributed by atoms with van der Waals surface area (Å²) in [7, 11) is -4.19. The first-order valence-corrected chi connectivity index (χ1v) is 11.3. The summed E-state index contributed by atoms with van der Waals surface area (Å²) in [6.45, 7) is 1.57. The summed E-state index contributed by atoms with van der Waals surface area (Å²) in [4.78, 5) is 11.9. The third-order valence-electron chi connectivity index (χ3n) is 5.30. The molecule has 162 valence electrons. The van der Waals surface area contributed by atoms with Gasteiger partial charge in [-0.25, -0.2) is 17.6 Å². The van der Waals surface area contributed by atoms with Crippen LogP contribution in [0, 0.1) is 18.7 Å². The number of halogens is 1. The van der Waals surface area contributed by atoms with E-state index in [-0.39, 0.29) is 24.3 Å². The molecule has 0 saturated heterocycles. The Kier molecular flexibility index (Phi) is 6.94. The van der Waals surface area contributed by atoms with E-state index in [2.05, 4.69) is 15.4 Å². The van der Waals surface area contributed by atoms with Crippen LogP contribution in [0.5, 0.6) is 0 Å². The van der Waals surface area contributed by atoms with Crippen LogP contribution < -0.4 is 15.4 Å². The van der Waals surface area contributed by atoms with Crippen molar-refractivity contribution in [3.05, 3.63) is 53.8 Å². The van der Waals surface area contributed by atoms with Crippen molar-refractivity contribution < 1.29 is 22.7 Å². The van der Waals surface area contributed by atoms with Crippen molar-refractivity contribution in [1.29, 1.82) is 0 Å². The molecule has 3 rings (SSSR count). The molecule has 2 aromatic carbocycles. The Morgan fingerprint density at radius 2 is 1.87 bits per heavy atom.